The second-order valence-corrected chi connectivity index (χ2v) is 10.4. The van der Waals surface area contributed by atoms with Crippen LogP contribution in [-0.2, 0) is 9.84 Å². The number of benzene rings is 2. The molecule has 10 heteroatoms. The molecular weight excluding hydrogens is 440 g/mol. The molecule has 170 valence electrons. The SMILES string of the molecule is CN1CCN(C(=O)c2ccc(Nc3nc4ccc(S(C)(=O)=O)cc4c4cn[nH]c34)cc2)CC1. The van der Waals surface area contributed by atoms with Crippen molar-refractivity contribution in [2.24, 2.45) is 0 Å². The molecule has 0 spiro atoms. The molecule has 0 unspecified atom stereocenters. The van der Waals surface area contributed by atoms with Gasteiger partial charge in [0, 0.05) is 54.5 Å². The second kappa shape index (κ2) is 8.13. The van der Waals surface area contributed by atoms with E-state index >= 15 is 0 Å². The van der Waals surface area contributed by atoms with Crippen LogP contribution in [0.1, 0.15) is 10.4 Å². The molecule has 1 amide bonds. The van der Waals surface area contributed by atoms with Crippen LogP contribution in [0.3, 0.4) is 0 Å². The summed E-state index contributed by atoms with van der Waals surface area (Å²) in [6, 6.07) is 12.2. The van der Waals surface area contributed by atoms with Crippen LogP contribution < -0.4 is 5.32 Å². The van der Waals surface area contributed by atoms with Crippen LogP contribution >= 0.6 is 0 Å². The van der Waals surface area contributed by atoms with Gasteiger partial charge in [-0.15, -0.1) is 0 Å². The third-order valence-corrected chi connectivity index (χ3v) is 7.09. The van der Waals surface area contributed by atoms with Crippen molar-refractivity contribution in [3.63, 3.8) is 0 Å². The van der Waals surface area contributed by atoms with E-state index in [1.54, 1.807) is 24.4 Å². The maximum Gasteiger partial charge on any atom is 0.253 e. The average Bonchev–Trinajstić information content (AvgIpc) is 3.30. The Morgan fingerprint density at radius 3 is 2.45 bits per heavy atom. The Hall–Kier alpha value is -3.50. The lowest BCUT2D eigenvalue weighted by Gasteiger charge is -2.32. The molecule has 1 aliphatic rings. The summed E-state index contributed by atoms with van der Waals surface area (Å²) in [5.41, 5.74) is 2.75. The summed E-state index contributed by atoms with van der Waals surface area (Å²) < 4.78 is 23.9. The van der Waals surface area contributed by atoms with Crippen molar-refractivity contribution in [2.75, 3.05) is 44.8 Å². The first kappa shape index (κ1) is 21.4. The molecule has 1 saturated heterocycles. The predicted molar refractivity (Wildman–Crippen MR) is 128 cm³/mol. The van der Waals surface area contributed by atoms with E-state index in [1.807, 2.05) is 29.2 Å². The van der Waals surface area contributed by atoms with E-state index in [-0.39, 0.29) is 10.8 Å². The van der Waals surface area contributed by atoms with Gasteiger partial charge in [0.2, 0.25) is 0 Å². The maximum atomic E-state index is 12.8. The number of amides is 1. The Morgan fingerprint density at radius 2 is 1.76 bits per heavy atom. The average molecular weight is 465 g/mol. The van der Waals surface area contributed by atoms with Gasteiger partial charge >= 0.3 is 0 Å². The molecule has 9 nitrogen and oxygen atoms in total. The molecule has 2 aromatic carbocycles. The van der Waals surface area contributed by atoms with Gasteiger partial charge in [0.25, 0.3) is 5.91 Å². The summed E-state index contributed by atoms with van der Waals surface area (Å²) >= 11 is 0. The van der Waals surface area contributed by atoms with E-state index in [1.165, 1.54) is 6.26 Å². The van der Waals surface area contributed by atoms with E-state index in [0.717, 1.165) is 37.3 Å². The topological polar surface area (TPSA) is 111 Å². The number of nitrogens with zero attached hydrogens (tertiary/aromatic N) is 4. The Bertz CT molecular complexity index is 1460. The summed E-state index contributed by atoms with van der Waals surface area (Å²) in [4.78, 5) is 21.8. The number of rotatable bonds is 4. The highest BCUT2D eigenvalue weighted by Gasteiger charge is 2.20. The van der Waals surface area contributed by atoms with Crippen LogP contribution in [-0.4, -0.2) is 78.8 Å². The smallest absolute Gasteiger partial charge is 0.253 e. The van der Waals surface area contributed by atoms with Crippen LogP contribution in [0.4, 0.5) is 11.5 Å². The lowest BCUT2D eigenvalue weighted by atomic mass is 10.1. The monoisotopic (exact) mass is 464 g/mol. The molecule has 33 heavy (non-hydrogen) atoms. The van der Waals surface area contributed by atoms with E-state index in [0.29, 0.717) is 27.8 Å². The van der Waals surface area contributed by atoms with Gasteiger partial charge in [-0.1, -0.05) is 0 Å². The van der Waals surface area contributed by atoms with Crippen LogP contribution in [0, 0.1) is 0 Å². The number of carbonyl (C=O) groups excluding carboxylic acids is 1. The Balaban J connectivity index is 1.43. The molecular formula is C23H24N6O3S. The third kappa shape index (κ3) is 4.14. The zero-order valence-corrected chi connectivity index (χ0v) is 19.2. The molecule has 0 radical (unpaired) electrons. The Kier molecular flexibility index (Phi) is 5.26. The number of hydrogen-bond acceptors (Lipinski definition) is 7. The van der Waals surface area contributed by atoms with Gasteiger partial charge in [-0.05, 0) is 49.5 Å². The zero-order chi connectivity index (χ0) is 23.2. The minimum Gasteiger partial charge on any atom is -0.338 e. The van der Waals surface area contributed by atoms with E-state index in [4.69, 9.17) is 0 Å². The lowest BCUT2D eigenvalue weighted by Crippen LogP contribution is -2.47. The number of piperazine rings is 1. The molecule has 0 aliphatic carbocycles. The third-order valence-electron chi connectivity index (χ3n) is 5.98. The Morgan fingerprint density at radius 1 is 1.03 bits per heavy atom. The fourth-order valence-corrected chi connectivity index (χ4v) is 4.67. The molecule has 1 aliphatic heterocycles. The van der Waals surface area contributed by atoms with Crippen LogP contribution in [0.15, 0.2) is 53.6 Å². The second-order valence-electron chi connectivity index (χ2n) is 8.37. The highest BCUT2D eigenvalue weighted by Crippen LogP contribution is 2.31. The molecule has 2 aromatic heterocycles. The summed E-state index contributed by atoms with van der Waals surface area (Å²) in [6.07, 6.45) is 2.84. The number of aromatic nitrogens is 3. The minimum atomic E-state index is -3.33. The molecule has 0 bridgehead atoms. The van der Waals surface area contributed by atoms with Crippen molar-refractivity contribution in [2.45, 2.75) is 4.90 Å². The first-order valence-electron chi connectivity index (χ1n) is 10.6. The van der Waals surface area contributed by atoms with Crippen LogP contribution in [0.25, 0.3) is 21.8 Å². The first-order chi connectivity index (χ1) is 15.8. The zero-order valence-electron chi connectivity index (χ0n) is 18.4. The van der Waals surface area contributed by atoms with Crippen molar-refractivity contribution < 1.29 is 13.2 Å². The summed E-state index contributed by atoms with van der Waals surface area (Å²) in [5.74, 6) is 0.608. The standard InChI is InChI=1S/C23H24N6O3S/c1-28-9-11-29(12-10-28)23(30)15-3-5-16(6-4-15)25-22-21-19(14-24-27-21)18-13-17(33(2,31)32)7-8-20(18)26-22/h3-8,13-14H,9-12H2,1-2H3,(H,24,27)(H,25,26). The summed E-state index contributed by atoms with van der Waals surface area (Å²) in [5, 5.41) is 11.8. The highest BCUT2D eigenvalue weighted by molar-refractivity contribution is 7.90. The largest absolute Gasteiger partial charge is 0.338 e. The number of carbonyl (C=O) groups is 1. The predicted octanol–water partition coefficient (Wildman–Crippen LogP) is 2.65. The number of likely N-dealkylation sites (N-methyl/N-ethyl adjacent to an activating group) is 1. The molecule has 5 rings (SSSR count). The molecule has 1 fully saturated rings. The van der Waals surface area contributed by atoms with E-state index in [2.05, 4.69) is 32.4 Å². The normalized spacial score (nSPS) is 15.3. The van der Waals surface area contributed by atoms with Gasteiger partial charge in [-0.3, -0.25) is 9.89 Å². The summed E-state index contributed by atoms with van der Waals surface area (Å²) in [7, 11) is -1.27. The van der Waals surface area contributed by atoms with E-state index < -0.39 is 9.84 Å². The van der Waals surface area contributed by atoms with Gasteiger partial charge in [0.1, 0.15) is 5.52 Å². The van der Waals surface area contributed by atoms with Crippen LogP contribution in [0.2, 0.25) is 0 Å². The van der Waals surface area contributed by atoms with Crippen molar-refractivity contribution >= 4 is 49.1 Å². The van der Waals surface area contributed by atoms with E-state index in [9.17, 15) is 13.2 Å². The summed E-state index contributed by atoms with van der Waals surface area (Å²) in [6.45, 7) is 3.22. The van der Waals surface area contributed by atoms with Gasteiger partial charge in [0.15, 0.2) is 15.7 Å². The number of pyridine rings is 1. The van der Waals surface area contributed by atoms with Gasteiger partial charge in [-0.2, -0.15) is 5.10 Å². The fourth-order valence-electron chi connectivity index (χ4n) is 4.02. The maximum absolute atomic E-state index is 12.8. The molecule has 4 aromatic rings. The van der Waals surface area contributed by atoms with Crippen molar-refractivity contribution in [3.8, 4) is 0 Å². The number of anilines is 2. The van der Waals surface area contributed by atoms with Gasteiger partial charge < -0.3 is 15.1 Å². The number of hydrogen-bond donors (Lipinski definition) is 2. The highest BCUT2D eigenvalue weighted by atomic mass is 32.2. The van der Waals surface area contributed by atoms with Crippen molar-refractivity contribution in [1.82, 2.24) is 25.0 Å². The number of fused-ring (bicyclic) bond motifs is 3. The minimum absolute atomic E-state index is 0.0381. The first-order valence-corrected chi connectivity index (χ1v) is 12.5. The van der Waals surface area contributed by atoms with Crippen LogP contribution in [0.5, 0.6) is 0 Å². The fraction of sp³-hybridized carbons (Fsp3) is 0.261. The number of H-pyrrole nitrogens is 1. The molecule has 3 heterocycles. The quantitative estimate of drug-likeness (QED) is 0.478. The molecule has 2 N–H and O–H groups in total. The molecule has 0 saturated carbocycles. The number of sulfone groups is 1. The lowest BCUT2D eigenvalue weighted by molar-refractivity contribution is 0.0664. The van der Waals surface area contributed by atoms with Gasteiger partial charge in [-0.25, -0.2) is 13.4 Å². The molecule has 0 atom stereocenters. The van der Waals surface area contributed by atoms with Gasteiger partial charge in [0.05, 0.1) is 16.6 Å². The van der Waals surface area contributed by atoms with Crippen molar-refractivity contribution in [1.29, 1.82) is 0 Å². The number of aromatic amines is 1. The Labute approximate surface area is 191 Å². The van der Waals surface area contributed by atoms with Crippen molar-refractivity contribution in [3.05, 3.63) is 54.2 Å². The number of nitrogens with one attached hydrogen (secondary N) is 2.